The maximum atomic E-state index is 12.8. The van der Waals surface area contributed by atoms with Crippen LogP contribution in [0.4, 0.5) is 0 Å². The third-order valence-electron chi connectivity index (χ3n) is 3.42. The Kier molecular flexibility index (Phi) is 5.29. The van der Waals surface area contributed by atoms with E-state index in [4.69, 9.17) is 11.6 Å². The first-order valence-electron chi connectivity index (χ1n) is 6.39. The highest BCUT2D eigenvalue weighted by atomic mass is 79.9. The van der Waals surface area contributed by atoms with Gasteiger partial charge < -0.3 is 0 Å². The molecule has 1 aliphatic heterocycles. The number of rotatable bonds is 3. The minimum Gasteiger partial charge on any atom is -0.207 e. The van der Waals surface area contributed by atoms with Gasteiger partial charge in [-0.25, -0.2) is 8.42 Å². The molecule has 2 rings (SSSR count). The Morgan fingerprint density at radius 1 is 1.26 bits per heavy atom. The summed E-state index contributed by atoms with van der Waals surface area (Å²) >= 11 is 9.28. The first kappa shape index (κ1) is 15.3. The van der Waals surface area contributed by atoms with Gasteiger partial charge in [0.25, 0.3) is 0 Å². The molecule has 0 N–H and O–H groups in total. The lowest BCUT2D eigenvalue weighted by Gasteiger charge is -2.28. The summed E-state index contributed by atoms with van der Waals surface area (Å²) in [5, 5.41) is 0. The van der Waals surface area contributed by atoms with E-state index in [9.17, 15) is 8.42 Å². The monoisotopic (exact) mass is 365 g/mol. The van der Waals surface area contributed by atoms with Crippen molar-refractivity contribution >= 4 is 37.6 Å². The number of benzene rings is 1. The molecule has 1 heterocycles. The van der Waals surface area contributed by atoms with Crippen molar-refractivity contribution in [2.75, 3.05) is 12.4 Å². The fourth-order valence-corrected chi connectivity index (χ4v) is 5.46. The van der Waals surface area contributed by atoms with Crippen molar-refractivity contribution in [1.82, 2.24) is 4.31 Å². The molecule has 1 atom stereocenters. The molecule has 106 valence electrons. The maximum Gasteiger partial charge on any atom is 0.244 e. The van der Waals surface area contributed by atoms with Crippen LogP contribution in [0.25, 0.3) is 0 Å². The van der Waals surface area contributed by atoms with Crippen molar-refractivity contribution in [1.29, 1.82) is 0 Å². The number of sulfonamides is 1. The zero-order valence-electron chi connectivity index (χ0n) is 10.6. The fourth-order valence-electron chi connectivity index (χ4n) is 2.40. The number of hydrogen-bond acceptors (Lipinski definition) is 2. The van der Waals surface area contributed by atoms with Crippen molar-refractivity contribution in [2.45, 2.75) is 36.6 Å². The van der Waals surface area contributed by atoms with Crippen LogP contribution in [0.1, 0.15) is 25.7 Å². The Hall–Kier alpha value is -0.100. The summed E-state index contributed by atoms with van der Waals surface area (Å²) in [6.45, 7) is 0.557. The van der Waals surface area contributed by atoms with E-state index in [0.717, 1.165) is 25.7 Å². The van der Waals surface area contributed by atoms with Crippen LogP contribution in [0.5, 0.6) is 0 Å². The van der Waals surface area contributed by atoms with Gasteiger partial charge in [0.1, 0.15) is 0 Å². The summed E-state index contributed by atoms with van der Waals surface area (Å²) in [5.41, 5.74) is 0. The lowest BCUT2D eigenvalue weighted by atomic mass is 10.1. The van der Waals surface area contributed by atoms with Crippen molar-refractivity contribution in [3.63, 3.8) is 0 Å². The largest absolute Gasteiger partial charge is 0.244 e. The summed E-state index contributed by atoms with van der Waals surface area (Å²) in [4.78, 5) is 0.326. The highest BCUT2D eigenvalue weighted by molar-refractivity contribution is 9.10. The van der Waals surface area contributed by atoms with E-state index < -0.39 is 10.0 Å². The highest BCUT2D eigenvalue weighted by Gasteiger charge is 2.32. The quantitative estimate of drug-likeness (QED) is 0.766. The molecule has 6 heteroatoms. The van der Waals surface area contributed by atoms with Crippen LogP contribution in [0, 0.1) is 0 Å². The molecule has 0 spiro atoms. The molecule has 19 heavy (non-hydrogen) atoms. The van der Waals surface area contributed by atoms with Gasteiger partial charge in [-0.15, -0.1) is 11.6 Å². The molecule has 0 bridgehead atoms. The van der Waals surface area contributed by atoms with Gasteiger partial charge in [0.15, 0.2) is 0 Å². The first-order valence-corrected chi connectivity index (χ1v) is 9.16. The Labute approximate surface area is 128 Å². The van der Waals surface area contributed by atoms with E-state index in [0.29, 0.717) is 21.8 Å². The van der Waals surface area contributed by atoms with Gasteiger partial charge in [-0.1, -0.05) is 25.0 Å². The van der Waals surface area contributed by atoms with Crippen molar-refractivity contribution in [2.24, 2.45) is 0 Å². The Morgan fingerprint density at radius 3 is 2.68 bits per heavy atom. The Balaban J connectivity index is 2.39. The van der Waals surface area contributed by atoms with Crippen LogP contribution < -0.4 is 0 Å². The molecule has 1 aromatic rings. The van der Waals surface area contributed by atoms with Gasteiger partial charge in [-0.2, -0.15) is 4.31 Å². The lowest BCUT2D eigenvalue weighted by molar-refractivity contribution is 0.345. The average Bonchev–Trinajstić information content (AvgIpc) is 2.64. The third-order valence-corrected chi connectivity index (χ3v) is 6.74. The average molecular weight is 367 g/mol. The lowest BCUT2D eigenvalue weighted by Crippen LogP contribution is -2.41. The van der Waals surface area contributed by atoms with Crippen molar-refractivity contribution in [3.05, 3.63) is 28.7 Å². The predicted octanol–water partition coefficient (Wildman–Crippen LogP) is 3.62. The van der Waals surface area contributed by atoms with Crippen LogP contribution in [-0.2, 0) is 10.0 Å². The molecular formula is C13H17BrClNO2S. The van der Waals surface area contributed by atoms with E-state index in [2.05, 4.69) is 15.9 Å². The summed E-state index contributed by atoms with van der Waals surface area (Å²) in [5.74, 6) is 0.351. The van der Waals surface area contributed by atoms with Gasteiger partial charge in [-0.05, 0) is 40.9 Å². The smallest absolute Gasteiger partial charge is 0.207 e. The van der Waals surface area contributed by atoms with E-state index >= 15 is 0 Å². The summed E-state index contributed by atoms with van der Waals surface area (Å²) < 4.78 is 27.7. The number of alkyl halides is 1. The SMILES string of the molecule is O=S(=O)(c1ccccc1Br)N1CCCCCC1CCl. The molecule has 1 aromatic carbocycles. The summed E-state index contributed by atoms with van der Waals surface area (Å²) in [6, 6.07) is 6.84. The number of nitrogens with zero attached hydrogens (tertiary/aromatic N) is 1. The molecule has 1 unspecified atom stereocenters. The molecule has 0 aromatic heterocycles. The molecule has 0 saturated carbocycles. The van der Waals surface area contributed by atoms with Crippen LogP contribution in [0.2, 0.25) is 0 Å². The topological polar surface area (TPSA) is 37.4 Å². The van der Waals surface area contributed by atoms with E-state index in [1.807, 2.05) is 6.07 Å². The Morgan fingerprint density at radius 2 is 2.00 bits per heavy atom. The molecule has 0 aliphatic carbocycles. The zero-order valence-corrected chi connectivity index (χ0v) is 13.7. The minimum atomic E-state index is -3.48. The second-order valence-electron chi connectivity index (χ2n) is 4.70. The van der Waals surface area contributed by atoms with Gasteiger partial charge in [-0.3, -0.25) is 0 Å². The van der Waals surface area contributed by atoms with Crippen molar-refractivity contribution < 1.29 is 8.42 Å². The third kappa shape index (κ3) is 3.32. The normalized spacial score (nSPS) is 22.1. The minimum absolute atomic E-state index is 0.0960. The Bertz CT molecular complexity index is 535. The summed E-state index contributed by atoms with van der Waals surface area (Å²) in [7, 11) is -3.48. The van der Waals surface area contributed by atoms with Gasteiger partial charge >= 0.3 is 0 Å². The van der Waals surface area contributed by atoms with Gasteiger partial charge in [0.2, 0.25) is 10.0 Å². The zero-order chi connectivity index (χ0) is 13.9. The summed E-state index contributed by atoms with van der Waals surface area (Å²) in [6.07, 6.45) is 3.85. The second kappa shape index (κ2) is 6.57. The van der Waals surface area contributed by atoms with E-state index in [1.54, 1.807) is 22.5 Å². The fraction of sp³-hybridized carbons (Fsp3) is 0.538. The van der Waals surface area contributed by atoms with E-state index in [-0.39, 0.29) is 6.04 Å². The molecule has 0 amide bonds. The van der Waals surface area contributed by atoms with Crippen LogP contribution in [-0.4, -0.2) is 31.2 Å². The predicted molar refractivity (Wildman–Crippen MR) is 81.0 cm³/mol. The number of halogens is 2. The molecule has 1 aliphatic rings. The molecule has 0 radical (unpaired) electrons. The van der Waals surface area contributed by atoms with Crippen LogP contribution in [0.15, 0.2) is 33.6 Å². The van der Waals surface area contributed by atoms with Gasteiger partial charge in [0, 0.05) is 22.9 Å². The standard InChI is InChI=1S/C13H17BrClNO2S/c14-12-7-3-4-8-13(12)19(17,18)16-9-5-1-2-6-11(16)10-15/h3-4,7-8,11H,1-2,5-6,9-10H2. The molecule has 1 saturated heterocycles. The molecule has 3 nitrogen and oxygen atoms in total. The maximum absolute atomic E-state index is 12.8. The molecular weight excluding hydrogens is 350 g/mol. The second-order valence-corrected chi connectivity index (χ2v) is 7.73. The van der Waals surface area contributed by atoms with Gasteiger partial charge in [0.05, 0.1) is 4.90 Å². The first-order chi connectivity index (χ1) is 9.07. The van der Waals surface area contributed by atoms with E-state index in [1.165, 1.54) is 0 Å². The van der Waals surface area contributed by atoms with Crippen LogP contribution >= 0.6 is 27.5 Å². The van der Waals surface area contributed by atoms with Crippen LogP contribution in [0.3, 0.4) is 0 Å². The van der Waals surface area contributed by atoms with Crippen molar-refractivity contribution in [3.8, 4) is 0 Å². The highest BCUT2D eigenvalue weighted by Crippen LogP contribution is 2.29. The molecule has 1 fully saturated rings. The number of hydrogen-bond donors (Lipinski definition) is 0.